The number of piperazine rings is 1. The molecule has 1 aliphatic heterocycles. The van der Waals surface area contributed by atoms with Gasteiger partial charge in [0, 0.05) is 31.6 Å². The quantitative estimate of drug-likeness (QED) is 0.903. The Hall–Kier alpha value is -1.35. The van der Waals surface area contributed by atoms with Crippen molar-refractivity contribution in [2.45, 2.75) is 45.7 Å². The van der Waals surface area contributed by atoms with Gasteiger partial charge < -0.3 is 10.2 Å². The van der Waals surface area contributed by atoms with Gasteiger partial charge in [-0.2, -0.15) is 0 Å². The summed E-state index contributed by atoms with van der Waals surface area (Å²) in [5.74, 6) is 0.278. The van der Waals surface area contributed by atoms with Crippen molar-refractivity contribution >= 4 is 5.91 Å². The molecule has 2 rings (SSSR count). The first-order chi connectivity index (χ1) is 9.04. The number of nitrogens with one attached hydrogen (secondary N) is 1. The van der Waals surface area contributed by atoms with Crippen molar-refractivity contribution in [3.05, 3.63) is 35.4 Å². The van der Waals surface area contributed by atoms with Gasteiger partial charge in [-0.25, -0.2) is 0 Å². The zero-order chi connectivity index (χ0) is 13.8. The van der Waals surface area contributed by atoms with Crippen LogP contribution < -0.4 is 5.32 Å². The first-order valence-corrected chi connectivity index (χ1v) is 7.14. The third-order valence-electron chi connectivity index (χ3n) is 3.66. The van der Waals surface area contributed by atoms with E-state index in [1.807, 2.05) is 4.90 Å². The molecular weight excluding hydrogens is 236 g/mol. The van der Waals surface area contributed by atoms with Crippen molar-refractivity contribution in [3.8, 4) is 0 Å². The molecule has 19 heavy (non-hydrogen) atoms. The lowest BCUT2D eigenvalue weighted by atomic mass is 10.1. The molecule has 0 bridgehead atoms. The highest BCUT2D eigenvalue weighted by molar-refractivity contribution is 5.76. The van der Waals surface area contributed by atoms with E-state index in [1.54, 1.807) is 0 Å². The van der Waals surface area contributed by atoms with Gasteiger partial charge in [0.05, 0.1) is 0 Å². The second kappa shape index (κ2) is 6.20. The molecule has 2 atom stereocenters. The fourth-order valence-electron chi connectivity index (χ4n) is 2.69. The van der Waals surface area contributed by atoms with Gasteiger partial charge in [-0.05, 0) is 32.8 Å². The van der Waals surface area contributed by atoms with Crippen LogP contribution in [-0.2, 0) is 11.2 Å². The Bertz CT molecular complexity index is 417. The summed E-state index contributed by atoms with van der Waals surface area (Å²) in [6.45, 7) is 8.01. The Morgan fingerprint density at radius 1 is 1.21 bits per heavy atom. The van der Waals surface area contributed by atoms with E-state index in [-0.39, 0.29) is 5.91 Å². The number of rotatable bonds is 3. The number of carbonyl (C=O) groups is 1. The molecule has 0 aromatic heterocycles. The molecule has 2 unspecified atom stereocenters. The minimum absolute atomic E-state index is 0.278. The number of hydrogen-bond donors (Lipinski definition) is 1. The van der Waals surface area contributed by atoms with Crippen LogP contribution in [0.1, 0.15) is 31.4 Å². The number of carbonyl (C=O) groups excluding carboxylic acids is 1. The fourth-order valence-corrected chi connectivity index (χ4v) is 2.69. The first kappa shape index (κ1) is 14.1. The van der Waals surface area contributed by atoms with Crippen LogP contribution in [-0.4, -0.2) is 36.0 Å². The summed E-state index contributed by atoms with van der Waals surface area (Å²) < 4.78 is 0. The highest BCUT2D eigenvalue weighted by atomic mass is 16.2. The second-order valence-electron chi connectivity index (χ2n) is 5.75. The maximum absolute atomic E-state index is 12.2. The average molecular weight is 260 g/mol. The number of amides is 1. The summed E-state index contributed by atoms with van der Waals surface area (Å²) >= 11 is 0. The molecular formula is C16H24N2O. The van der Waals surface area contributed by atoms with Crippen LogP contribution in [0.4, 0.5) is 0 Å². The average Bonchev–Trinajstić information content (AvgIpc) is 2.36. The van der Waals surface area contributed by atoms with E-state index in [9.17, 15) is 4.79 Å². The molecule has 1 N–H and O–H groups in total. The summed E-state index contributed by atoms with van der Waals surface area (Å²) in [4.78, 5) is 14.2. The van der Waals surface area contributed by atoms with Gasteiger partial charge >= 0.3 is 0 Å². The van der Waals surface area contributed by atoms with E-state index < -0.39 is 0 Å². The van der Waals surface area contributed by atoms with Gasteiger partial charge in [-0.3, -0.25) is 4.79 Å². The molecule has 0 aliphatic carbocycles. The van der Waals surface area contributed by atoms with Crippen molar-refractivity contribution in [2.75, 3.05) is 13.1 Å². The molecule has 3 nitrogen and oxygen atoms in total. The minimum atomic E-state index is 0.278. The van der Waals surface area contributed by atoms with Crippen molar-refractivity contribution in [3.63, 3.8) is 0 Å². The monoisotopic (exact) mass is 260 g/mol. The predicted octanol–water partition coefficient (Wildman–Crippen LogP) is 2.14. The third-order valence-corrected chi connectivity index (χ3v) is 3.66. The van der Waals surface area contributed by atoms with E-state index in [2.05, 4.69) is 50.4 Å². The first-order valence-electron chi connectivity index (χ1n) is 7.14. The topological polar surface area (TPSA) is 32.3 Å². The summed E-state index contributed by atoms with van der Waals surface area (Å²) in [6.07, 6.45) is 1.45. The molecule has 1 aromatic rings. The van der Waals surface area contributed by atoms with E-state index in [1.165, 1.54) is 11.1 Å². The molecule has 1 amide bonds. The van der Waals surface area contributed by atoms with Crippen molar-refractivity contribution in [1.29, 1.82) is 0 Å². The van der Waals surface area contributed by atoms with Crippen molar-refractivity contribution in [2.24, 2.45) is 0 Å². The maximum Gasteiger partial charge on any atom is 0.223 e. The SMILES string of the molecule is Cc1ccc(CCC(=O)N2CC(C)NC(C)C2)cc1. The Labute approximate surface area is 116 Å². The highest BCUT2D eigenvalue weighted by Gasteiger charge is 2.24. The molecule has 1 saturated heterocycles. The normalized spacial score (nSPS) is 23.4. The number of benzene rings is 1. The number of hydrogen-bond acceptors (Lipinski definition) is 2. The van der Waals surface area contributed by atoms with Gasteiger partial charge in [0.2, 0.25) is 5.91 Å². The van der Waals surface area contributed by atoms with E-state index in [4.69, 9.17) is 0 Å². The van der Waals surface area contributed by atoms with Crippen LogP contribution in [0.3, 0.4) is 0 Å². The molecule has 0 saturated carbocycles. The molecule has 1 fully saturated rings. The fraction of sp³-hybridized carbons (Fsp3) is 0.562. The van der Waals surface area contributed by atoms with E-state index >= 15 is 0 Å². The van der Waals surface area contributed by atoms with Crippen LogP contribution in [0.2, 0.25) is 0 Å². The van der Waals surface area contributed by atoms with Crippen LogP contribution in [0.5, 0.6) is 0 Å². The molecule has 0 spiro atoms. The smallest absolute Gasteiger partial charge is 0.223 e. The van der Waals surface area contributed by atoms with Gasteiger partial charge in [0.15, 0.2) is 0 Å². The second-order valence-corrected chi connectivity index (χ2v) is 5.75. The van der Waals surface area contributed by atoms with Gasteiger partial charge in [0.1, 0.15) is 0 Å². The van der Waals surface area contributed by atoms with Gasteiger partial charge in [0.25, 0.3) is 0 Å². The van der Waals surface area contributed by atoms with Gasteiger partial charge in [-0.1, -0.05) is 29.8 Å². The molecule has 1 heterocycles. The molecule has 1 aromatic carbocycles. The Balaban J connectivity index is 1.85. The predicted molar refractivity (Wildman–Crippen MR) is 78.1 cm³/mol. The Morgan fingerprint density at radius 2 is 1.79 bits per heavy atom. The molecule has 0 radical (unpaired) electrons. The lowest BCUT2D eigenvalue weighted by molar-refractivity contribution is -0.132. The van der Waals surface area contributed by atoms with E-state index in [0.717, 1.165) is 19.5 Å². The lowest BCUT2D eigenvalue weighted by Gasteiger charge is -2.36. The van der Waals surface area contributed by atoms with E-state index in [0.29, 0.717) is 18.5 Å². The largest absolute Gasteiger partial charge is 0.340 e. The summed E-state index contributed by atoms with van der Waals surface area (Å²) in [6, 6.07) is 9.24. The lowest BCUT2D eigenvalue weighted by Crippen LogP contribution is -2.55. The Kier molecular flexibility index (Phi) is 4.59. The summed E-state index contributed by atoms with van der Waals surface area (Å²) in [5, 5.41) is 3.45. The third kappa shape index (κ3) is 4.06. The Morgan fingerprint density at radius 3 is 2.37 bits per heavy atom. The molecule has 3 heteroatoms. The van der Waals surface area contributed by atoms with Crippen LogP contribution in [0, 0.1) is 6.92 Å². The van der Waals surface area contributed by atoms with Crippen molar-refractivity contribution < 1.29 is 4.79 Å². The van der Waals surface area contributed by atoms with Crippen molar-refractivity contribution in [1.82, 2.24) is 10.2 Å². The molecule has 104 valence electrons. The summed E-state index contributed by atoms with van der Waals surface area (Å²) in [5.41, 5.74) is 2.51. The summed E-state index contributed by atoms with van der Waals surface area (Å²) in [7, 11) is 0. The van der Waals surface area contributed by atoms with Gasteiger partial charge in [-0.15, -0.1) is 0 Å². The van der Waals surface area contributed by atoms with Crippen LogP contribution in [0.25, 0.3) is 0 Å². The standard InChI is InChI=1S/C16H24N2O/c1-12-4-6-15(7-5-12)8-9-16(19)18-10-13(2)17-14(3)11-18/h4-7,13-14,17H,8-11H2,1-3H3. The zero-order valence-electron chi connectivity index (χ0n) is 12.1. The highest BCUT2D eigenvalue weighted by Crippen LogP contribution is 2.10. The zero-order valence-corrected chi connectivity index (χ0v) is 12.1. The number of aryl methyl sites for hydroxylation is 2. The maximum atomic E-state index is 12.2. The minimum Gasteiger partial charge on any atom is -0.340 e. The molecule has 1 aliphatic rings. The van der Waals surface area contributed by atoms with Crippen LogP contribution in [0.15, 0.2) is 24.3 Å². The number of nitrogens with zero attached hydrogens (tertiary/aromatic N) is 1. The van der Waals surface area contributed by atoms with Crippen LogP contribution >= 0.6 is 0 Å².